The van der Waals surface area contributed by atoms with Gasteiger partial charge in [-0.05, 0) is 30.3 Å². The van der Waals surface area contributed by atoms with Crippen molar-refractivity contribution in [2.75, 3.05) is 0 Å². The zero-order valence-electron chi connectivity index (χ0n) is 10.4. The topological polar surface area (TPSA) is 37.5 Å². The lowest BCUT2D eigenvalue weighted by Gasteiger charge is -2.05. The molecule has 0 atom stereocenters. The van der Waals surface area contributed by atoms with Crippen molar-refractivity contribution >= 4 is 17.2 Å². The SMILES string of the molecule is Oc1ccc(Cl)cc1-c1cn2cc(C(F)(F)F)ccc2n1. The van der Waals surface area contributed by atoms with Gasteiger partial charge >= 0.3 is 6.18 Å². The second-order valence-corrected chi connectivity index (χ2v) is 4.91. The fourth-order valence-electron chi connectivity index (χ4n) is 2.00. The number of pyridine rings is 1. The van der Waals surface area contributed by atoms with Crippen LogP contribution in [0.25, 0.3) is 16.9 Å². The molecule has 0 bridgehead atoms. The van der Waals surface area contributed by atoms with Crippen molar-refractivity contribution in [2.45, 2.75) is 6.18 Å². The van der Waals surface area contributed by atoms with E-state index in [0.717, 1.165) is 12.3 Å². The van der Waals surface area contributed by atoms with Crippen molar-refractivity contribution in [1.82, 2.24) is 9.38 Å². The van der Waals surface area contributed by atoms with Gasteiger partial charge in [0.25, 0.3) is 0 Å². The maximum atomic E-state index is 12.7. The number of aromatic hydroxyl groups is 1. The van der Waals surface area contributed by atoms with Crippen LogP contribution in [0.5, 0.6) is 5.75 Å². The van der Waals surface area contributed by atoms with Crippen LogP contribution in [0.2, 0.25) is 5.02 Å². The van der Waals surface area contributed by atoms with Crippen LogP contribution in [0, 0.1) is 0 Å². The van der Waals surface area contributed by atoms with Crippen LogP contribution in [0.4, 0.5) is 13.2 Å². The Morgan fingerprint density at radius 3 is 2.57 bits per heavy atom. The lowest BCUT2D eigenvalue weighted by atomic mass is 10.1. The highest BCUT2D eigenvalue weighted by Crippen LogP contribution is 2.33. The molecule has 3 nitrogen and oxygen atoms in total. The third kappa shape index (κ3) is 2.54. The second kappa shape index (κ2) is 4.66. The van der Waals surface area contributed by atoms with Crippen LogP contribution in [0.15, 0.2) is 42.7 Å². The van der Waals surface area contributed by atoms with E-state index in [9.17, 15) is 18.3 Å². The first kappa shape index (κ1) is 13.8. The Kier molecular flexibility index (Phi) is 3.06. The standard InChI is InChI=1S/C14H8ClF3N2O/c15-9-2-3-12(21)10(5-9)11-7-20-6-8(14(16,17)18)1-4-13(20)19-11/h1-7,21H. The van der Waals surface area contributed by atoms with Crippen LogP contribution >= 0.6 is 11.6 Å². The molecule has 1 N–H and O–H groups in total. The minimum absolute atomic E-state index is 0.0427. The minimum Gasteiger partial charge on any atom is -0.507 e. The van der Waals surface area contributed by atoms with E-state index in [2.05, 4.69) is 4.98 Å². The van der Waals surface area contributed by atoms with Crippen LogP contribution < -0.4 is 0 Å². The monoisotopic (exact) mass is 312 g/mol. The molecule has 7 heteroatoms. The van der Waals surface area contributed by atoms with Crippen LogP contribution in [0.1, 0.15) is 5.56 Å². The Labute approximate surface area is 122 Å². The van der Waals surface area contributed by atoms with E-state index in [1.807, 2.05) is 0 Å². The number of imidazole rings is 1. The largest absolute Gasteiger partial charge is 0.507 e. The Bertz CT molecular complexity index is 827. The van der Waals surface area contributed by atoms with E-state index < -0.39 is 11.7 Å². The summed E-state index contributed by atoms with van der Waals surface area (Å²) in [6.07, 6.45) is -2.06. The quantitative estimate of drug-likeness (QED) is 0.724. The number of nitrogens with zero attached hydrogens (tertiary/aromatic N) is 2. The maximum absolute atomic E-state index is 12.7. The van der Waals surface area contributed by atoms with Gasteiger partial charge in [-0.25, -0.2) is 4.98 Å². The lowest BCUT2D eigenvalue weighted by Crippen LogP contribution is -2.05. The molecule has 0 unspecified atom stereocenters. The number of halogens is 4. The van der Waals surface area contributed by atoms with Gasteiger partial charge in [0.05, 0.1) is 11.3 Å². The molecule has 0 saturated carbocycles. The van der Waals surface area contributed by atoms with Crippen LogP contribution in [-0.4, -0.2) is 14.5 Å². The molecule has 3 aromatic rings. The first-order valence-electron chi connectivity index (χ1n) is 5.89. The molecule has 0 aliphatic heterocycles. The first-order chi connectivity index (χ1) is 9.84. The molecule has 1 aromatic carbocycles. The molecule has 0 saturated heterocycles. The van der Waals surface area contributed by atoms with E-state index in [1.165, 1.54) is 34.9 Å². The fraction of sp³-hybridized carbons (Fsp3) is 0.0714. The number of aromatic nitrogens is 2. The summed E-state index contributed by atoms with van der Waals surface area (Å²) in [5.74, 6) is -0.0427. The number of hydrogen-bond donors (Lipinski definition) is 1. The van der Waals surface area contributed by atoms with Gasteiger partial charge in [-0.3, -0.25) is 0 Å². The number of benzene rings is 1. The molecule has 0 spiro atoms. The zero-order valence-corrected chi connectivity index (χ0v) is 11.2. The first-order valence-corrected chi connectivity index (χ1v) is 6.27. The minimum atomic E-state index is -4.42. The molecular formula is C14H8ClF3N2O. The fourth-order valence-corrected chi connectivity index (χ4v) is 2.17. The van der Waals surface area contributed by atoms with Crippen molar-refractivity contribution in [2.24, 2.45) is 0 Å². The summed E-state index contributed by atoms with van der Waals surface area (Å²) < 4.78 is 39.3. The Morgan fingerprint density at radius 2 is 1.86 bits per heavy atom. The Morgan fingerprint density at radius 1 is 1.10 bits per heavy atom. The number of fused-ring (bicyclic) bond motifs is 1. The second-order valence-electron chi connectivity index (χ2n) is 4.47. The molecule has 21 heavy (non-hydrogen) atoms. The summed E-state index contributed by atoms with van der Waals surface area (Å²) in [4.78, 5) is 4.19. The third-order valence-electron chi connectivity index (χ3n) is 3.01. The predicted molar refractivity (Wildman–Crippen MR) is 72.3 cm³/mol. The summed E-state index contributed by atoms with van der Waals surface area (Å²) in [6, 6.07) is 6.65. The smallest absolute Gasteiger partial charge is 0.417 e. The number of alkyl halides is 3. The van der Waals surface area contributed by atoms with Crippen LogP contribution in [0.3, 0.4) is 0 Å². The summed E-state index contributed by atoms with van der Waals surface area (Å²) >= 11 is 5.86. The average Bonchev–Trinajstić information content (AvgIpc) is 2.83. The summed E-state index contributed by atoms with van der Waals surface area (Å²) in [7, 11) is 0. The van der Waals surface area contributed by atoms with Crippen molar-refractivity contribution < 1.29 is 18.3 Å². The molecule has 0 radical (unpaired) electrons. The van der Waals surface area contributed by atoms with Gasteiger partial charge in [-0.1, -0.05) is 11.6 Å². The van der Waals surface area contributed by atoms with Crippen molar-refractivity contribution in [1.29, 1.82) is 0 Å². The van der Waals surface area contributed by atoms with Crippen LogP contribution in [-0.2, 0) is 6.18 Å². The molecule has 0 fully saturated rings. The molecule has 0 amide bonds. The summed E-state index contributed by atoms with van der Waals surface area (Å²) in [5.41, 5.74) is 0.278. The number of phenolic OH excluding ortho intramolecular Hbond substituents is 1. The van der Waals surface area contributed by atoms with E-state index >= 15 is 0 Å². The normalized spacial score (nSPS) is 12.0. The highest BCUT2D eigenvalue weighted by atomic mass is 35.5. The molecule has 0 aliphatic carbocycles. The van der Waals surface area contributed by atoms with Gasteiger partial charge < -0.3 is 9.51 Å². The van der Waals surface area contributed by atoms with E-state index in [1.54, 1.807) is 0 Å². The van der Waals surface area contributed by atoms with Gasteiger partial charge in [-0.2, -0.15) is 13.2 Å². The van der Waals surface area contributed by atoms with Crippen molar-refractivity contribution in [3.8, 4) is 17.0 Å². The molecule has 2 aromatic heterocycles. The van der Waals surface area contributed by atoms with Crippen molar-refractivity contribution in [3.05, 3.63) is 53.3 Å². The van der Waals surface area contributed by atoms with Gasteiger partial charge in [0.15, 0.2) is 0 Å². The number of rotatable bonds is 1. The average molecular weight is 313 g/mol. The third-order valence-corrected chi connectivity index (χ3v) is 3.25. The van der Waals surface area contributed by atoms with Gasteiger partial charge in [0.2, 0.25) is 0 Å². The van der Waals surface area contributed by atoms with Gasteiger partial charge in [-0.15, -0.1) is 0 Å². The lowest BCUT2D eigenvalue weighted by molar-refractivity contribution is -0.137. The van der Waals surface area contributed by atoms with Gasteiger partial charge in [0.1, 0.15) is 11.4 Å². The molecule has 3 rings (SSSR count). The number of hydrogen-bond acceptors (Lipinski definition) is 2. The summed E-state index contributed by atoms with van der Waals surface area (Å²) in [6.45, 7) is 0. The maximum Gasteiger partial charge on any atom is 0.417 e. The molecule has 0 aliphatic rings. The van der Waals surface area contributed by atoms with Crippen molar-refractivity contribution in [3.63, 3.8) is 0 Å². The van der Waals surface area contributed by atoms with Gasteiger partial charge in [0, 0.05) is 23.0 Å². The highest BCUT2D eigenvalue weighted by molar-refractivity contribution is 6.30. The van der Waals surface area contributed by atoms with E-state index in [0.29, 0.717) is 21.9 Å². The molecule has 2 heterocycles. The Hall–Kier alpha value is -2.21. The molecular weight excluding hydrogens is 305 g/mol. The highest BCUT2D eigenvalue weighted by Gasteiger charge is 2.30. The zero-order chi connectivity index (χ0) is 15.2. The van der Waals surface area contributed by atoms with E-state index in [-0.39, 0.29) is 5.75 Å². The Balaban J connectivity index is 2.15. The number of phenols is 1. The molecule has 108 valence electrons. The predicted octanol–water partition coefficient (Wildman–Crippen LogP) is 4.38. The summed E-state index contributed by atoms with van der Waals surface area (Å²) in [5, 5.41) is 10.2. The van der Waals surface area contributed by atoms with E-state index in [4.69, 9.17) is 11.6 Å².